The Bertz CT molecular complexity index is 499. The normalized spacial score (nSPS) is 20.4. The Hall–Kier alpha value is -1.69. The van der Waals surface area contributed by atoms with E-state index < -0.39 is 0 Å². The quantitative estimate of drug-likeness (QED) is 0.756. The maximum atomic E-state index is 4.60. The van der Waals surface area contributed by atoms with Crippen LogP contribution in [-0.4, -0.2) is 39.7 Å². The molecule has 0 radical (unpaired) electrons. The van der Waals surface area contributed by atoms with E-state index in [2.05, 4.69) is 25.7 Å². The average Bonchev–Trinajstić information content (AvgIpc) is 2.97. The molecule has 1 saturated heterocycles. The summed E-state index contributed by atoms with van der Waals surface area (Å²) in [6.07, 6.45) is 4.66. The molecule has 0 saturated carbocycles. The van der Waals surface area contributed by atoms with Gasteiger partial charge in [0.15, 0.2) is 11.5 Å². The number of anilines is 1. The summed E-state index contributed by atoms with van der Waals surface area (Å²) in [4.78, 5) is 8.77. The zero-order valence-electron chi connectivity index (χ0n) is 9.14. The molecule has 0 bridgehead atoms. The van der Waals surface area contributed by atoms with Crippen LogP contribution in [0.15, 0.2) is 12.5 Å². The van der Waals surface area contributed by atoms with Crippen LogP contribution in [0.1, 0.15) is 18.0 Å². The van der Waals surface area contributed by atoms with Crippen LogP contribution < -0.4 is 10.6 Å². The lowest BCUT2D eigenvalue weighted by molar-refractivity contribution is 0.721. The van der Waals surface area contributed by atoms with Gasteiger partial charge in [0.2, 0.25) is 0 Å². The van der Waals surface area contributed by atoms with Crippen molar-refractivity contribution in [2.75, 3.05) is 25.5 Å². The molecule has 3 heterocycles. The number of rotatable bonds is 2. The summed E-state index contributed by atoms with van der Waals surface area (Å²) in [6.45, 7) is 2.06. The fraction of sp³-hybridized carbons (Fsp3) is 0.500. The van der Waals surface area contributed by atoms with Gasteiger partial charge in [0.1, 0.15) is 6.33 Å². The summed E-state index contributed by atoms with van der Waals surface area (Å²) in [5, 5.41) is 10.6. The van der Waals surface area contributed by atoms with E-state index in [1.165, 1.54) is 0 Å². The molecule has 0 amide bonds. The summed E-state index contributed by atoms with van der Waals surface area (Å²) in [5.74, 6) is 1.28. The molecular weight excluding hydrogens is 204 g/mol. The largest absolute Gasteiger partial charge is 0.370 e. The van der Waals surface area contributed by atoms with Gasteiger partial charge < -0.3 is 10.6 Å². The van der Waals surface area contributed by atoms with Gasteiger partial charge in [-0.3, -0.25) is 0 Å². The van der Waals surface area contributed by atoms with Crippen molar-refractivity contribution in [3.05, 3.63) is 18.2 Å². The maximum Gasteiger partial charge on any atom is 0.198 e. The Morgan fingerprint density at radius 1 is 1.56 bits per heavy atom. The van der Waals surface area contributed by atoms with E-state index in [1.807, 2.05) is 13.2 Å². The lowest BCUT2D eigenvalue weighted by Gasteiger charge is -2.10. The van der Waals surface area contributed by atoms with E-state index in [1.54, 1.807) is 10.8 Å². The summed E-state index contributed by atoms with van der Waals surface area (Å²) in [6, 6.07) is 0. The highest BCUT2D eigenvalue weighted by Gasteiger charge is 2.20. The number of fused-ring (bicyclic) bond motifs is 1. The van der Waals surface area contributed by atoms with Crippen molar-refractivity contribution in [2.45, 2.75) is 12.3 Å². The molecule has 16 heavy (non-hydrogen) atoms. The Labute approximate surface area is 93.1 Å². The smallest absolute Gasteiger partial charge is 0.198 e. The van der Waals surface area contributed by atoms with Gasteiger partial charge in [-0.2, -0.15) is 5.10 Å². The third-order valence-electron chi connectivity index (χ3n) is 3.00. The van der Waals surface area contributed by atoms with Crippen molar-refractivity contribution >= 4 is 11.5 Å². The molecule has 0 aromatic carbocycles. The van der Waals surface area contributed by atoms with E-state index in [-0.39, 0.29) is 0 Å². The number of hydrogen-bond donors (Lipinski definition) is 2. The molecule has 1 aliphatic rings. The molecule has 6 heteroatoms. The Balaban J connectivity index is 2.10. The van der Waals surface area contributed by atoms with Gasteiger partial charge in [-0.15, -0.1) is 0 Å². The number of nitrogens with zero attached hydrogens (tertiary/aromatic N) is 4. The second kappa shape index (κ2) is 3.71. The van der Waals surface area contributed by atoms with Crippen LogP contribution >= 0.6 is 0 Å². The monoisotopic (exact) mass is 218 g/mol. The third-order valence-corrected chi connectivity index (χ3v) is 3.00. The van der Waals surface area contributed by atoms with E-state index in [4.69, 9.17) is 0 Å². The molecule has 0 spiro atoms. The first-order valence-electron chi connectivity index (χ1n) is 5.47. The Morgan fingerprint density at radius 2 is 2.50 bits per heavy atom. The Morgan fingerprint density at radius 3 is 3.25 bits per heavy atom. The summed E-state index contributed by atoms with van der Waals surface area (Å²) >= 11 is 0. The highest BCUT2D eigenvalue weighted by Crippen LogP contribution is 2.22. The average molecular weight is 218 g/mol. The maximum absolute atomic E-state index is 4.60. The molecule has 1 atom stereocenters. The molecule has 6 nitrogen and oxygen atoms in total. The predicted octanol–water partition coefficient (Wildman–Crippen LogP) is 0.243. The zero-order chi connectivity index (χ0) is 11.0. The highest BCUT2D eigenvalue weighted by molar-refractivity contribution is 5.61. The van der Waals surface area contributed by atoms with Crippen LogP contribution in [0.3, 0.4) is 0 Å². The molecule has 2 aromatic rings. The SMILES string of the molecule is CNc1nc([C@@H]2CCNC2)cn2ncnc12. The van der Waals surface area contributed by atoms with Crippen molar-refractivity contribution < 1.29 is 0 Å². The summed E-state index contributed by atoms with van der Waals surface area (Å²) < 4.78 is 1.78. The van der Waals surface area contributed by atoms with Crippen molar-refractivity contribution in [2.24, 2.45) is 0 Å². The fourth-order valence-corrected chi connectivity index (χ4v) is 2.12. The van der Waals surface area contributed by atoms with Crippen LogP contribution in [0.5, 0.6) is 0 Å². The number of aromatic nitrogens is 4. The molecule has 2 aromatic heterocycles. The Kier molecular flexibility index (Phi) is 2.21. The predicted molar refractivity (Wildman–Crippen MR) is 60.6 cm³/mol. The molecule has 3 rings (SSSR count). The zero-order valence-corrected chi connectivity index (χ0v) is 9.14. The van der Waals surface area contributed by atoms with Crippen molar-refractivity contribution in [3.8, 4) is 0 Å². The van der Waals surface area contributed by atoms with Crippen LogP contribution in [-0.2, 0) is 0 Å². The van der Waals surface area contributed by atoms with Crippen molar-refractivity contribution in [1.82, 2.24) is 24.9 Å². The third kappa shape index (κ3) is 1.42. The van der Waals surface area contributed by atoms with Crippen molar-refractivity contribution in [1.29, 1.82) is 0 Å². The summed E-state index contributed by atoms with van der Waals surface area (Å²) in [7, 11) is 1.85. The van der Waals surface area contributed by atoms with Gasteiger partial charge in [-0.25, -0.2) is 14.5 Å². The second-order valence-corrected chi connectivity index (χ2v) is 3.98. The van der Waals surface area contributed by atoms with Gasteiger partial charge in [-0.05, 0) is 13.0 Å². The van der Waals surface area contributed by atoms with Gasteiger partial charge in [-0.1, -0.05) is 0 Å². The lowest BCUT2D eigenvalue weighted by atomic mass is 10.1. The molecular formula is C10H14N6. The molecule has 1 aliphatic heterocycles. The van der Waals surface area contributed by atoms with Crippen LogP contribution in [0.4, 0.5) is 5.82 Å². The number of nitrogens with one attached hydrogen (secondary N) is 2. The van der Waals surface area contributed by atoms with E-state index >= 15 is 0 Å². The molecule has 0 unspecified atom stereocenters. The first-order chi connectivity index (χ1) is 7.88. The first-order valence-corrected chi connectivity index (χ1v) is 5.47. The molecule has 2 N–H and O–H groups in total. The van der Waals surface area contributed by atoms with E-state index in [0.717, 1.165) is 36.7 Å². The van der Waals surface area contributed by atoms with Gasteiger partial charge in [0, 0.05) is 19.5 Å². The first kappa shape index (κ1) is 9.53. The molecule has 0 aliphatic carbocycles. The summed E-state index contributed by atoms with van der Waals surface area (Å²) in [5.41, 5.74) is 1.85. The van der Waals surface area contributed by atoms with Crippen LogP contribution in [0.25, 0.3) is 5.65 Å². The highest BCUT2D eigenvalue weighted by atomic mass is 15.3. The molecule has 84 valence electrons. The minimum atomic E-state index is 0.487. The van der Waals surface area contributed by atoms with Crippen LogP contribution in [0.2, 0.25) is 0 Å². The van der Waals surface area contributed by atoms with Gasteiger partial charge in [0.25, 0.3) is 0 Å². The standard InChI is InChI=1S/C10H14N6/c1-11-9-10-13-6-14-16(10)5-8(15-9)7-2-3-12-4-7/h5-7,12H,2-4H2,1H3,(H,11,15)/t7-/m1/s1. The number of hydrogen-bond acceptors (Lipinski definition) is 5. The van der Waals surface area contributed by atoms with Crippen LogP contribution in [0, 0.1) is 0 Å². The van der Waals surface area contributed by atoms with E-state index in [9.17, 15) is 0 Å². The van der Waals surface area contributed by atoms with Gasteiger partial charge >= 0.3 is 0 Å². The van der Waals surface area contributed by atoms with Crippen molar-refractivity contribution in [3.63, 3.8) is 0 Å². The lowest BCUT2D eigenvalue weighted by Crippen LogP contribution is -2.11. The minimum absolute atomic E-state index is 0.487. The fourth-order valence-electron chi connectivity index (χ4n) is 2.12. The van der Waals surface area contributed by atoms with Gasteiger partial charge in [0.05, 0.1) is 11.9 Å². The van der Waals surface area contributed by atoms with E-state index in [0.29, 0.717) is 5.92 Å². The minimum Gasteiger partial charge on any atom is -0.370 e. The molecule has 1 fully saturated rings. The second-order valence-electron chi connectivity index (χ2n) is 3.98. The topological polar surface area (TPSA) is 67.1 Å².